The summed E-state index contributed by atoms with van der Waals surface area (Å²) in [5.41, 5.74) is 1.69. The Morgan fingerprint density at radius 3 is 2.67 bits per heavy atom. The van der Waals surface area contributed by atoms with E-state index in [1.54, 1.807) is 6.07 Å². The van der Waals surface area contributed by atoms with E-state index < -0.39 is 0 Å². The fourth-order valence-electron chi connectivity index (χ4n) is 2.17. The molecule has 1 aliphatic carbocycles. The van der Waals surface area contributed by atoms with Crippen molar-refractivity contribution in [3.8, 4) is 11.6 Å². The first-order valence-electron chi connectivity index (χ1n) is 7.08. The summed E-state index contributed by atoms with van der Waals surface area (Å²) >= 11 is 0. The molecule has 110 valence electrons. The van der Waals surface area contributed by atoms with Gasteiger partial charge in [0.05, 0.1) is 5.56 Å². The summed E-state index contributed by atoms with van der Waals surface area (Å²) in [6.45, 7) is 3.78. The molecule has 21 heavy (non-hydrogen) atoms. The molecule has 0 radical (unpaired) electrons. The number of hydrogen-bond donors (Lipinski definition) is 1. The van der Waals surface area contributed by atoms with Crippen LogP contribution in [0.1, 0.15) is 35.7 Å². The first-order chi connectivity index (χ1) is 10.1. The Morgan fingerprint density at radius 2 is 2.00 bits per heavy atom. The van der Waals surface area contributed by atoms with Crippen LogP contribution in [0.2, 0.25) is 0 Å². The van der Waals surface area contributed by atoms with Gasteiger partial charge in [-0.25, -0.2) is 9.37 Å². The molecular formula is C16H18FN3O. The molecule has 1 aromatic heterocycles. The van der Waals surface area contributed by atoms with E-state index in [-0.39, 0.29) is 5.82 Å². The standard InChI is InChI=1S/C16H18FN3O/c1-9-4-7-12(17)8-13(9)21-16-10(2)14(18-3)19-15(20-16)11-5-6-11/h4,7-8,11H,5-6H2,1-3H3,(H,18,19,20). The van der Waals surface area contributed by atoms with Crippen LogP contribution in [0.4, 0.5) is 10.2 Å². The number of ether oxygens (including phenoxy) is 1. The van der Waals surface area contributed by atoms with Crippen LogP contribution >= 0.6 is 0 Å². The molecule has 2 aromatic rings. The van der Waals surface area contributed by atoms with Gasteiger partial charge < -0.3 is 10.1 Å². The largest absolute Gasteiger partial charge is 0.438 e. The Hall–Kier alpha value is -2.17. The summed E-state index contributed by atoms with van der Waals surface area (Å²) in [7, 11) is 1.82. The number of halogens is 1. The molecule has 0 aliphatic heterocycles. The fourth-order valence-corrected chi connectivity index (χ4v) is 2.17. The van der Waals surface area contributed by atoms with Gasteiger partial charge in [-0.1, -0.05) is 6.07 Å². The minimum Gasteiger partial charge on any atom is -0.438 e. The molecule has 0 atom stereocenters. The minimum absolute atomic E-state index is 0.321. The summed E-state index contributed by atoms with van der Waals surface area (Å²) in [5.74, 6) is 2.64. The predicted octanol–water partition coefficient (Wildman–Crippen LogP) is 3.94. The molecule has 0 unspecified atom stereocenters. The highest BCUT2D eigenvalue weighted by Gasteiger charge is 2.28. The van der Waals surface area contributed by atoms with E-state index in [4.69, 9.17) is 4.74 Å². The third-order valence-electron chi connectivity index (χ3n) is 3.65. The first-order valence-corrected chi connectivity index (χ1v) is 7.08. The normalized spacial score (nSPS) is 14.1. The number of anilines is 1. The molecule has 0 spiro atoms. The summed E-state index contributed by atoms with van der Waals surface area (Å²) in [6, 6.07) is 4.50. The maximum Gasteiger partial charge on any atom is 0.227 e. The van der Waals surface area contributed by atoms with Gasteiger partial charge in [-0.3, -0.25) is 0 Å². The summed E-state index contributed by atoms with van der Waals surface area (Å²) < 4.78 is 19.2. The van der Waals surface area contributed by atoms with E-state index in [0.717, 1.165) is 35.6 Å². The fraction of sp³-hybridized carbons (Fsp3) is 0.375. The lowest BCUT2D eigenvalue weighted by Crippen LogP contribution is -2.05. The maximum atomic E-state index is 13.4. The van der Waals surface area contributed by atoms with Crippen LogP contribution in [0.15, 0.2) is 18.2 Å². The van der Waals surface area contributed by atoms with Gasteiger partial charge in [-0.05, 0) is 38.3 Å². The van der Waals surface area contributed by atoms with Crippen LogP contribution in [-0.4, -0.2) is 17.0 Å². The molecule has 1 aliphatic rings. The van der Waals surface area contributed by atoms with Crippen molar-refractivity contribution in [3.05, 3.63) is 41.0 Å². The van der Waals surface area contributed by atoms with E-state index >= 15 is 0 Å². The first kappa shape index (κ1) is 13.8. The highest BCUT2D eigenvalue weighted by molar-refractivity contribution is 5.50. The molecule has 0 saturated heterocycles. The highest BCUT2D eigenvalue weighted by Crippen LogP contribution is 2.40. The van der Waals surface area contributed by atoms with Gasteiger partial charge in [0.25, 0.3) is 0 Å². The van der Waals surface area contributed by atoms with Crippen LogP contribution < -0.4 is 10.1 Å². The number of nitrogens with zero attached hydrogens (tertiary/aromatic N) is 2. The van der Waals surface area contributed by atoms with Crippen molar-refractivity contribution in [2.75, 3.05) is 12.4 Å². The zero-order valence-electron chi connectivity index (χ0n) is 12.4. The van der Waals surface area contributed by atoms with Gasteiger partial charge in [0.15, 0.2) is 0 Å². The van der Waals surface area contributed by atoms with Gasteiger partial charge in [0.2, 0.25) is 5.88 Å². The summed E-state index contributed by atoms with van der Waals surface area (Å²) in [4.78, 5) is 9.03. The smallest absolute Gasteiger partial charge is 0.227 e. The van der Waals surface area contributed by atoms with Crippen molar-refractivity contribution >= 4 is 5.82 Å². The van der Waals surface area contributed by atoms with Crippen molar-refractivity contribution in [1.82, 2.24) is 9.97 Å². The third kappa shape index (κ3) is 2.82. The Bertz CT molecular complexity index is 683. The zero-order valence-corrected chi connectivity index (χ0v) is 12.4. The SMILES string of the molecule is CNc1nc(C2CC2)nc(Oc2cc(F)ccc2C)c1C. The second-order valence-corrected chi connectivity index (χ2v) is 5.40. The van der Waals surface area contributed by atoms with Crippen LogP contribution in [0.5, 0.6) is 11.6 Å². The minimum atomic E-state index is -0.321. The molecule has 5 heteroatoms. The average molecular weight is 287 g/mol. The van der Waals surface area contributed by atoms with Crippen molar-refractivity contribution < 1.29 is 9.13 Å². The number of aromatic nitrogens is 2. The van der Waals surface area contributed by atoms with Crippen molar-refractivity contribution in [1.29, 1.82) is 0 Å². The van der Waals surface area contributed by atoms with E-state index in [2.05, 4.69) is 15.3 Å². The quantitative estimate of drug-likeness (QED) is 0.925. The summed E-state index contributed by atoms with van der Waals surface area (Å²) in [5, 5.41) is 3.07. The van der Waals surface area contributed by atoms with Crippen LogP contribution in [0, 0.1) is 19.7 Å². The molecule has 0 bridgehead atoms. The third-order valence-corrected chi connectivity index (χ3v) is 3.65. The number of benzene rings is 1. The van der Waals surface area contributed by atoms with Crippen LogP contribution in [0.25, 0.3) is 0 Å². The van der Waals surface area contributed by atoms with Gasteiger partial charge in [0.1, 0.15) is 23.2 Å². The van der Waals surface area contributed by atoms with Gasteiger partial charge in [0, 0.05) is 19.0 Å². The van der Waals surface area contributed by atoms with E-state index in [0.29, 0.717) is 17.5 Å². The second kappa shape index (κ2) is 5.31. The molecule has 1 N–H and O–H groups in total. The molecule has 1 heterocycles. The molecule has 1 fully saturated rings. The molecule has 4 nitrogen and oxygen atoms in total. The number of rotatable bonds is 4. The van der Waals surface area contributed by atoms with Gasteiger partial charge >= 0.3 is 0 Å². The Morgan fingerprint density at radius 1 is 1.24 bits per heavy atom. The number of hydrogen-bond acceptors (Lipinski definition) is 4. The van der Waals surface area contributed by atoms with E-state index in [1.807, 2.05) is 20.9 Å². The highest BCUT2D eigenvalue weighted by atomic mass is 19.1. The molecule has 1 saturated carbocycles. The van der Waals surface area contributed by atoms with Gasteiger partial charge in [-0.2, -0.15) is 4.98 Å². The molecular weight excluding hydrogens is 269 g/mol. The monoisotopic (exact) mass is 287 g/mol. The zero-order chi connectivity index (χ0) is 15.0. The Labute approximate surface area is 123 Å². The van der Waals surface area contributed by atoms with E-state index in [9.17, 15) is 4.39 Å². The lowest BCUT2D eigenvalue weighted by molar-refractivity contribution is 0.447. The molecule has 1 aromatic carbocycles. The van der Waals surface area contributed by atoms with Crippen molar-refractivity contribution in [2.45, 2.75) is 32.6 Å². The van der Waals surface area contributed by atoms with Crippen molar-refractivity contribution in [3.63, 3.8) is 0 Å². The van der Waals surface area contributed by atoms with Crippen LogP contribution in [0.3, 0.4) is 0 Å². The average Bonchev–Trinajstić information content (AvgIpc) is 3.29. The second-order valence-electron chi connectivity index (χ2n) is 5.40. The maximum absolute atomic E-state index is 13.4. The Kier molecular flexibility index (Phi) is 3.49. The molecule has 0 amide bonds. The van der Waals surface area contributed by atoms with Crippen molar-refractivity contribution in [2.24, 2.45) is 0 Å². The van der Waals surface area contributed by atoms with Crippen LogP contribution in [-0.2, 0) is 0 Å². The lowest BCUT2D eigenvalue weighted by atomic mass is 10.2. The molecule has 3 rings (SSSR count). The predicted molar refractivity (Wildman–Crippen MR) is 79.5 cm³/mol. The van der Waals surface area contributed by atoms with Gasteiger partial charge in [-0.15, -0.1) is 0 Å². The Balaban J connectivity index is 2.00. The number of nitrogens with one attached hydrogen (secondary N) is 1. The lowest BCUT2D eigenvalue weighted by Gasteiger charge is -2.14. The topological polar surface area (TPSA) is 47.0 Å². The summed E-state index contributed by atoms with van der Waals surface area (Å²) in [6.07, 6.45) is 2.23. The number of aryl methyl sites for hydroxylation is 1. The van der Waals surface area contributed by atoms with E-state index in [1.165, 1.54) is 12.1 Å².